The Morgan fingerprint density at radius 2 is 2.25 bits per heavy atom. The van der Waals surface area contributed by atoms with Crippen LogP contribution in [0.4, 0.5) is 0 Å². The van der Waals surface area contributed by atoms with E-state index in [1.165, 1.54) is 18.7 Å². The highest BCUT2D eigenvalue weighted by molar-refractivity contribution is 7.99. The van der Waals surface area contributed by atoms with Gasteiger partial charge in [-0.3, -0.25) is 9.36 Å². The molecule has 7 nitrogen and oxygen atoms in total. The number of aromatic nitrogens is 3. The van der Waals surface area contributed by atoms with Gasteiger partial charge in [0.05, 0.1) is 0 Å². The molecule has 0 radical (unpaired) electrons. The van der Waals surface area contributed by atoms with Crippen molar-refractivity contribution in [3.63, 3.8) is 0 Å². The van der Waals surface area contributed by atoms with E-state index in [-0.39, 0.29) is 5.69 Å². The number of aromatic amines is 1. The lowest BCUT2D eigenvalue weighted by Gasteiger charge is -2.18. The second-order valence-corrected chi connectivity index (χ2v) is 6.05. The van der Waals surface area contributed by atoms with E-state index in [4.69, 9.17) is 10.8 Å². The monoisotopic (exact) mass is 302 g/mol. The molecule has 0 aliphatic rings. The molecule has 1 unspecified atom stereocenters. The summed E-state index contributed by atoms with van der Waals surface area (Å²) in [5.41, 5.74) is 4.30. The zero-order chi connectivity index (χ0) is 15.2. The van der Waals surface area contributed by atoms with Crippen LogP contribution in [0.1, 0.15) is 39.5 Å². The van der Waals surface area contributed by atoms with Gasteiger partial charge in [0, 0.05) is 12.3 Å². The SMILES string of the molecule is CCCn1c(SCCCCC(C)(N)C(=O)O)n[nH]c1=O. The van der Waals surface area contributed by atoms with E-state index < -0.39 is 11.5 Å². The molecule has 0 spiro atoms. The molecule has 0 aliphatic heterocycles. The second kappa shape index (κ2) is 7.49. The van der Waals surface area contributed by atoms with Gasteiger partial charge in [0.25, 0.3) is 0 Å². The van der Waals surface area contributed by atoms with Crippen LogP contribution in [-0.2, 0) is 11.3 Å². The van der Waals surface area contributed by atoms with Crippen LogP contribution in [0.3, 0.4) is 0 Å². The molecule has 1 aromatic heterocycles. The number of hydrogen-bond donors (Lipinski definition) is 3. The average molecular weight is 302 g/mol. The van der Waals surface area contributed by atoms with E-state index in [0.717, 1.165) is 25.0 Å². The van der Waals surface area contributed by atoms with Gasteiger partial charge in [-0.15, -0.1) is 5.10 Å². The summed E-state index contributed by atoms with van der Waals surface area (Å²) in [7, 11) is 0. The van der Waals surface area contributed by atoms with E-state index in [9.17, 15) is 9.59 Å². The summed E-state index contributed by atoms with van der Waals surface area (Å²) in [6.07, 6.45) is 2.87. The molecule has 20 heavy (non-hydrogen) atoms. The Bertz CT molecular complexity index is 495. The smallest absolute Gasteiger partial charge is 0.343 e. The summed E-state index contributed by atoms with van der Waals surface area (Å²) in [6.45, 7) is 4.18. The fourth-order valence-electron chi connectivity index (χ4n) is 1.70. The third kappa shape index (κ3) is 4.68. The van der Waals surface area contributed by atoms with Crippen LogP contribution in [0.15, 0.2) is 9.95 Å². The Hall–Kier alpha value is -1.28. The number of rotatable bonds is 9. The van der Waals surface area contributed by atoms with Gasteiger partial charge in [0.1, 0.15) is 5.54 Å². The first-order valence-corrected chi connectivity index (χ1v) is 7.67. The lowest BCUT2D eigenvalue weighted by atomic mass is 9.97. The van der Waals surface area contributed by atoms with Crippen molar-refractivity contribution < 1.29 is 9.90 Å². The molecule has 114 valence electrons. The number of nitrogens with two attached hydrogens (primary N) is 1. The number of unbranched alkanes of at least 4 members (excludes halogenated alkanes) is 1. The Kier molecular flexibility index (Phi) is 6.28. The molecule has 0 saturated carbocycles. The first-order chi connectivity index (χ1) is 9.38. The molecule has 1 atom stereocenters. The maximum Gasteiger partial charge on any atom is 0.343 e. The van der Waals surface area contributed by atoms with Gasteiger partial charge in [0.15, 0.2) is 5.16 Å². The highest BCUT2D eigenvalue weighted by Crippen LogP contribution is 2.18. The number of carbonyl (C=O) groups is 1. The molecule has 1 rings (SSSR count). The van der Waals surface area contributed by atoms with Crippen LogP contribution in [0.25, 0.3) is 0 Å². The van der Waals surface area contributed by atoms with Gasteiger partial charge >= 0.3 is 11.7 Å². The fraction of sp³-hybridized carbons (Fsp3) is 0.750. The predicted molar refractivity (Wildman–Crippen MR) is 77.9 cm³/mol. The van der Waals surface area contributed by atoms with Gasteiger partial charge in [-0.1, -0.05) is 25.1 Å². The van der Waals surface area contributed by atoms with Crippen molar-refractivity contribution in [3.05, 3.63) is 10.5 Å². The van der Waals surface area contributed by atoms with Gasteiger partial charge in [-0.05, 0) is 26.2 Å². The molecular weight excluding hydrogens is 280 g/mol. The summed E-state index contributed by atoms with van der Waals surface area (Å²) in [5, 5.41) is 16.0. The average Bonchev–Trinajstić information content (AvgIpc) is 2.71. The summed E-state index contributed by atoms with van der Waals surface area (Å²) in [6, 6.07) is 0. The van der Waals surface area contributed by atoms with E-state index in [1.54, 1.807) is 4.57 Å². The number of nitrogens with zero attached hydrogens (tertiary/aromatic N) is 2. The number of H-pyrrole nitrogens is 1. The normalized spacial score (nSPS) is 14.2. The molecule has 1 aromatic rings. The summed E-state index contributed by atoms with van der Waals surface area (Å²) < 4.78 is 1.62. The van der Waals surface area contributed by atoms with E-state index in [1.807, 2.05) is 6.92 Å². The minimum atomic E-state index is -1.17. The van der Waals surface area contributed by atoms with Crippen molar-refractivity contribution in [1.29, 1.82) is 0 Å². The van der Waals surface area contributed by atoms with Crippen molar-refractivity contribution in [2.24, 2.45) is 5.73 Å². The van der Waals surface area contributed by atoms with Crippen molar-refractivity contribution in [3.8, 4) is 0 Å². The summed E-state index contributed by atoms with van der Waals surface area (Å²) in [4.78, 5) is 22.3. The third-order valence-corrected chi connectivity index (χ3v) is 4.04. The molecule has 0 amide bonds. The molecule has 0 aromatic carbocycles. The maximum atomic E-state index is 11.5. The number of thioether (sulfide) groups is 1. The van der Waals surface area contributed by atoms with Crippen molar-refractivity contribution in [2.45, 2.75) is 56.8 Å². The number of nitrogens with one attached hydrogen (secondary N) is 1. The minimum Gasteiger partial charge on any atom is -0.480 e. The molecule has 0 aliphatic carbocycles. The highest BCUT2D eigenvalue weighted by Gasteiger charge is 2.26. The van der Waals surface area contributed by atoms with Crippen LogP contribution in [0.5, 0.6) is 0 Å². The predicted octanol–water partition coefficient (Wildman–Crippen LogP) is 1.05. The molecule has 1 heterocycles. The lowest BCUT2D eigenvalue weighted by molar-refractivity contribution is -0.142. The zero-order valence-electron chi connectivity index (χ0n) is 11.9. The van der Waals surface area contributed by atoms with Gasteiger partial charge in [0.2, 0.25) is 0 Å². The Balaban J connectivity index is 2.35. The van der Waals surface area contributed by atoms with Gasteiger partial charge in [-0.25, -0.2) is 9.89 Å². The quantitative estimate of drug-likeness (QED) is 0.464. The van der Waals surface area contributed by atoms with Crippen molar-refractivity contribution >= 4 is 17.7 Å². The van der Waals surface area contributed by atoms with Crippen LogP contribution in [0, 0.1) is 0 Å². The van der Waals surface area contributed by atoms with Crippen LogP contribution >= 0.6 is 11.8 Å². The van der Waals surface area contributed by atoms with Crippen LogP contribution in [0.2, 0.25) is 0 Å². The van der Waals surface area contributed by atoms with Crippen molar-refractivity contribution in [1.82, 2.24) is 14.8 Å². The van der Waals surface area contributed by atoms with Crippen LogP contribution in [-0.4, -0.2) is 37.1 Å². The van der Waals surface area contributed by atoms with E-state index in [2.05, 4.69) is 10.2 Å². The Morgan fingerprint density at radius 1 is 1.55 bits per heavy atom. The molecule has 0 bridgehead atoms. The lowest BCUT2D eigenvalue weighted by Crippen LogP contribution is -2.44. The first-order valence-electron chi connectivity index (χ1n) is 6.68. The molecule has 8 heteroatoms. The number of hydrogen-bond acceptors (Lipinski definition) is 5. The minimum absolute atomic E-state index is 0.185. The van der Waals surface area contributed by atoms with Gasteiger partial charge in [-0.2, -0.15) is 0 Å². The first kappa shape index (κ1) is 16.8. The Morgan fingerprint density at radius 3 is 2.85 bits per heavy atom. The summed E-state index contributed by atoms with van der Waals surface area (Å²) >= 11 is 1.50. The number of carboxylic acids is 1. The largest absolute Gasteiger partial charge is 0.480 e. The summed E-state index contributed by atoms with van der Waals surface area (Å²) in [5.74, 6) is -0.196. The van der Waals surface area contributed by atoms with Gasteiger partial charge < -0.3 is 10.8 Å². The number of carboxylic acid groups (broad SMARTS) is 1. The standard InChI is InChI=1S/C12H22N4O3S/c1-3-7-16-10(19)14-15-11(16)20-8-5-4-6-12(2,13)9(17)18/h3-8,13H2,1-2H3,(H,14,19)(H,17,18). The zero-order valence-corrected chi connectivity index (χ0v) is 12.7. The van der Waals surface area contributed by atoms with E-state index >= 15 is 0 Å². The van der Waals surface area contributed by atoms with E-state index in [0.29, 0.717) is 18.1 Å². The fourth-order valence-corrected chi connectivity index (χ4v) is 2.67. The highest BCUT2D eigenvalue weighted by atomic mass is 32.2. The molecule has 0 saturated heterocycles. The molecule has 0 fully saturated rings. The molecular formula is C12H22N4O3S. The third-order valence-electron chi connectivity index (χ3n) is 2.98. The Labute approximate surface area is 121 Å². The topological polar surface area (TPSA) is 114 Å². The number of aliphatic carboxylic acids is 1. The van der Waals surface area contributed by atoms with Crippen molar-refractivity contribution in [2.75, 3.05) is 5.75 Å². The maximum absolute atomic E-state index is 11.5. The van der Waals surface area contributed by atoms with Crippen LogP contribution < -0.4 is 11.4 Å². The second-order valence-electron chi connectivity index (χ2n) is 4.99. The molecule has 4 N–H and O–H groups in total.